The molecule has 0 unspecified atom stereocenters. The van der Waals surface area contributed by atoms with Crippen LogP contribution in [-0.4, -0.2) is 41.3 Å². The zero-order valence-electron chi connectivity index (χ0n) is 13.5. The molecule has 2 N–H and O–H groups in total. The van der Waals surface area contributed by atoms with E-state index in [9.17, 15) is 9.59 Å². The van der Waals surface area contributed by atoms with Crippen LogP contribution in [0.25, 0.3) is 10.9 Å². The van der Waals surface area contributed by atoms with E-state index < -0.39 is 0 Å². The molecule has 1 aromatic carbocycles. The van der Waals surface area contributed by atoms with Crippen molar-refractivity contribution < 1.29 is 9.59 Å². The molecule has 0 saturated heterocycles. The molecule has 6 heteroatoms. The molecule has 0 radical (unpaired) electrons. The summed E-state index contributed by atoms with van der Waals surface area (Å²) >= 11 is 5.94. The molecule has 0 spiro atoms. The molecule has 0 aliphatic rings. The largest absolute Gasteiger partial charge is 0.351 e. The number of rotatable bonds is 7. The molecule has 0 fully saturated rings. The molecule has 1 aromatic heterocycles. The third-order valence-electron chi connectivity index (χ3n) is 3.80. The Hall–Kier alpha value is -2.01. The van der Waals surface area contributed by atoms with Gasteiger partial charge in [-0.05, 0) is 44.5 Å². The second-order valence-electron chi connectivity index (χ2n) is 5.34. The van der Waals surface area contributed by atoms with E-state index in [1.165, 1.54) is 0 Å². The van der Waals surface area contributed by atoms with Crippen LogP contribution in [0.15, 0.2) is 24.3 Å². The van der Waals surface area contributed by atoms with Crippen molar-refractivity contribution in [1.29, 1.82) is 0 Å². The summed E-state index contributed by atoms with van der Waals surface area (Å²) in [6.07, 6.45) is 1.08. The maximum Gasteiger partial charge on any atom is 0.267 e. The molecule has 0 aliphatic carbocycles. The molecule has 1 heterocycles. The number of amides is 2. The van der Waals surface area contributed by atoms with Crippen LogP contribution in [0.4, 0.5) is 0 Å². The Morgan fingerprint density at radius 3 is 2.65 bits per heavy atom. The minimum atomic E-state index is -0.174. The highest BCUT2D eigenvalue weighted by atomic mass is 35.5. The van der Waals surface area contributed by atoms with Crippen LogP contribution in [0.5, 0.6) is 0 Å². The zero-order chi connectivity index (χ0) is 16.8. The van der Waals surface area contributed by atoms with Gasteiger partial charge in [-0.15, -0.1) is 0 Å². The number of carbonyl (C=O) groups is 2. The lowest BCUT2D eigenvalue weighted by atomic mass is 10.2. The fraction of sp³-hybridized carbons (Fsp3) is 0.412. The number of H-pyrrole nitrogens is 1. The van der Waals surface area contributed by atoms with Gasteiger partial charge in [-0.1, -0.05) is 11.6 Å². The number of aromatic nitrogens is 1. The van der Waals surface area contributed by atoms with Gasteiger partial charge in [-0.25, -0.2) is 0 Å². The maximum absolute atomic E-state index is 12.1. The summed E-state index contributed by atoms with van der Waals surface area (Å²) in [6.45, 7) is 5.84. The Morgan fingerprint density at radius 2 is 1.96 bits per heavy atom. The highest BCUT2D eigenvalue weighted by Gasteiger charge is 2.11. The van der Waals surface area contributed by atoms with E-state index in [2.05, 4.69) is 10.3 Å². The summed E-state index contributed by atoms with van der Waals surface area (Å²) in [7, 11) is 0. The summed E-state index contributed by atoms with van der Waals surface area (Å²) in [5.41, 5.74) is 1.37. The van der Waals surface area contributed by atoms with Crippen LogP contribution in [0.1, 0.15) is 37.2 Å². The Labute approximate surface area is 141 Å². The fourth-order valence-electron chi connectivity index (χ4n) is 2.50. The number of hydrogen-bond acceptors (Lipinski definition) is 2. The first kappa shape index (κ1) is 17.3. The van der Waals surface area contributed by atoms with Crippen molar-refractivity contribution >= 4 is 34.3 Å². The monoisotopic (exact) mass is 335 g/mol. The van der Waals surface area contributed by atoms with Gasteiger partial charge in [0, 0.05) is 42.0 Å². The molecule has 0 atom stereocenters. The average molecular weight is 336 g/mol. The third-order valence-corrected chi connectivity index (χ3v) is 4.03. The molecule has 0 aliphatic heterocycles. The van der Waals surface area contributed by atoms with E-state index in [0.717, 1.165) is 24.0 Å². The van der Waals surface area contributed by atoms with Gasteiger partial charge in [0.2, 0.25) is 5.91 Å². The average Bonchev–Trinajstić information content (AvgIpc) is 2.95. The van der Waals surface area contributed by atoms with E-state index in [1.54, 1.807) is 17.0 Å². The molecule has 0 saturated carbocycles. The van der Waals surface area contributed by atoms with Crippen molar-refractivity contribution in [1.82, 2.24) is 15.2 Å². The summed E-state index contributed by atoms with van der Waals surface area (Å²) in [5, 5.41) is 4.37. The van der Waals surface area contributed by atoms with Crippen LogP contribution in [0.2, 0.25) is 5.02 Å². The number of nitrogens with one attached hydrogen (secondary N) is 2. The van der Waals surface area contributed by atoms with Gasteiger partial charge in [-0.3, -0.25) is 9.59 Å². The second-order valence-corrected chi connectivity index (χ2v) is 5.78. The van der Waals surface area contributed by atoms with E-state index in [4.69, 9.17) is 11.6 Å². The number of nitrogens with zero attached hydrogens (tertiary/aromatic N) is 1. The molecule has 2 amide bonds. The highest BCUT2D eigenvalue weighted by molar-refractivity contribution is 6.31. The molecule has 2 rings (SSSR count). The third kappa shape index (κ3) is 4.48. The number of aromatic amines is 1. The molecule has 0 bridgehead atoms. The quantitative estimate of drug-likeness (QED) is 0.763. The van der Waals surface area contributed by atoms with Crippen molar-refractivity contribution in [2.45, 2.75) is 26.7 Å². The SMILES string of the molecule is CCN(CC)C(=O)CCCNC(=O)c1cc2cc(Cl)ccc2[nH]1. The normalized spacial score (nSPS) is 10.7. The van der Waals surface area contributed by atoms with Gasteiger partial charge in [0.15, 0.2) is 0 Å². The first-order chi connectivity index (χ1) is 11.0. The lowest BCUT2D eigenvalue weighted by molar-refractivity contribution is -0.130. The molecule has 5 nitrogen and oxygen atoms in total. The number of carbonyl (C=O) groups excluding carboxylic acids is 2. The molecular formula is C17H22ClN3O2. The lowest BCUT2D eigenvalue weighted by Gasteiger charge is -2.18. The number of fused-ring (bicyclic) bond motifs is 1. The van der Waals surface area contributed by atoms with E-state index in [0.29, 0.717) is 30.1 Å². The Morgan fingerprint density at radius 1 is 1.22 bits per heavy atom. The Bertz CT molecular complexity index is 692. The molecule has 124 valence electrons. The summed E-state index contributed by atoms with van der Waals surface area (Å²) in [6, 6.07) is 7.21. The van der Waals surface area contributed by atoms with Crippen molar-refractivity contribution in [3.8, 4) is 0 Å². The summed E-state index contributed by atoms with van der Waals surface area (Å²) in [4.78, 5) is 28.8. The summed E-state index contributed by atoms with van der Waals surface area (Å²) in [5.74, 6) is -0.0443. The topological polar surface area (TPSA) is 65.2 Å². The maximum atomic E-state index is 12.1. The van der Waals surface area contributed by atoms with Crippen molar-refractivity contribution in [3.05, 3.63) is 35.0 Å². The fourth-order valence-corrected chi connectivity index (χ4v) is 2.68. The standard InChI is InChI=1S/C17H22ClN3O2/c1-3-21(4-2)16(22)6-5-9-19-17(23)15-11-12-10-13(18)7-8-14(12)20-15/h7-8,10-11,20H,3-6,9H2,1-2H3,(H,19,23). The van der Waals surface area contributed by atoms with Crippen molar-refractivity contribution in [2.75, 3.05) is 19.6 Å². The zero-order valence-corrected chi connectivity index (χ0v) is 14.2. The molecular weight excluding hydrogens is 314 g/mol. The lowest BCUT2D eigenvalue weighted by Crippen LogP contribution is -2.31. The van der Waals surface area contributed by atoms with Gasteiger partial charge in [0.05, 0.1) is 0 Å². The Balaban J connectivity index is 1.83. The smallest absolute Gasteiger partial charge is 0.267 e. The first-order valence-electron chi connectivity index (χ1n) is 7.89. The van der Waals surface area contributed by atoms with Gasteiger partial charge in [-0.2, -0.15) is 0 Å². The van der Waals surface area contributed by atoms with E-state index in [1.807, 2.05) is 26.0 Å². The first-order valence-corrected chi connectivity index (χ1v) is 8.27. The number of halogens is 1. The molecule has 2 aromatic rings. The van der Waals surface area contributed by atoms with Crippen LogP contribution in [-0.2, 0) is 4.79 Å². The van der Waals surface area contributed by atoms with Crippen molar-refractivity contribution in [3.63, 3.8) is 0 Å². The van der Waals surface area contributed by atoms with E-state index >= 15 is 0 Å². The van der Waals surface area contributed by atoms with Crippen LogP contribution in [0, 0.1) is 0 Å². The van der Waals surface area contributed by atoms with Gasteiger partial charge in [0.1, 0.15) is 5.69 Å². The van der Waals surface area contributed by atoms with Crippen molar-refractivity contribution in [2.24, 2.45) is 0 Å². The van der Waals surface area contributed by atoms with Gasteiger partial charge in [0.25, 0.3) is 5.91 Å². The highest BCUT2D eigenvalue weighted by Crippen LogP contribution is 2.20. The van der Waals surface area contributed by atoms with Crippen LogP contribution in [0.3, 0.4) is 0 Å². The van der Waals surface area contributed by atoms with Crippen LogP contribution < -0.4 is 5.32 Å². The van der Waals surface area contributed by atoms with E-state index in [-0.39, 0.29) is 11.8 Å². The van der Waals surface area contributed by atoms with Gasteiger partial charge >= 0.3 is 0 Å². The van der Waals surface area contributed by atoms with Crippen LogP contribution >= 0.6 is 11.6 Å². The molecule has 23 heavy (non-hydrogen) atoms. The van der Waals surface area contributed by atoms with Gasteiger partial charge < -0.3 is 15.2 Å². The number of benzene rings is 1. The minimum Gasteiger partial charge on any atom is -0.351 e. The second kappa shape index (κ2) is 8.02. The predicted octanol–water partition coefficient (Wildman–Crippen LogP) is 3.20. The minimum absolute atomic E-state index is 0.129. The predicted molar refractivity (Wildman–Crippen MR) is 92.8 cm³/mol. The summed E-state index contributed by atoms with van der Waals surface area (Å²) < 4.78 is 0. The Kier molecular flexibility index (Phi) is 6.04. The number of hydrogen-bond donors (Lipinski definition) is 2.